The molecule has 37 valence electrons. The van der Waals surface area contributed by atoms with E-state index in [4.69, 9.17) is 14.4 Å². The van der Waals surface area contributed by atoms with Crippen molar-refractivity contribution in [2.24, 2.45) is 0 Å². The first kappa shape index (κ1) is 9.78. The Morgan fingerprint density at radius 2 is 1.50 bits per heavy atom. The van der Waals surface area contributed by atoms with Gasteiger partial charge in [-0.05, 0) is 0 Å². The molecule has 0 bridgehead atoms. The minimum absolute atomic E-state index is 0. The van der Waals surface area contributed by atoms with E-state index in [1.54, 1.807) is 0 Å². The van der Waals surface area contributed by atoms with Gasteiger partial charge in [0.15, 0.2) is 0 Å². The van der Waals surface area contributed by atoms with Gasteiger partial charge in [0.1, 0.15) is 7.91 Å². The normalized spacial score (nSPS) is 9.83. The standard InChI is InChI=1S/FH2O3P.Mn/c1-5(2,3)4;/h(H2,2,3,4);/q;+2/p-2. The van der Waals surface area contributed by atoms with Gasteiger partial charge in [-0.15, -0.1) is 0 Å². The Morgan fingerprint density at radius 3 is 1.50 bits per heavy atom. The molecule has 1 radical (unpaired) electrons. The third-order valence-corrected chi connectivity index (χ3v) is 0. The van der Waals surface area contributed by atoms with Crippen LogP contribution in [0, 0.1) is 0 Å². The molecule has 0 fully saturated rings. The molecule has 0 aliphatic rings. The largest absolute Gasteiger partial charge is 2.00 e. The minimum Gasteiger partial charge on any atom is -0.786 e. The third kappa shape index (κ3) is 166. The van der Waals surface area contributed by atoms with Crippen LogP contribution in [0.5, 0.6) is 0 Å². The second-order valence-electron chi connectivity index (χ2n) is 0.431. The van der Waals surface area contributed by atoms with Gasteiger partial charge < -0.3 is 14.4 Å². The quantitative estimate of drug-likeness (QED) is 0.323. The Kier molecular flexibility index (Phi) is 4.43. The SMILES string of the molecule is O=P([O-])([O-])F.[Mn+2]. The Balaban J connectivity index is 0. The second kappa shape index (κ2) is 2.72. The molecule has 0 unspecified atom stereocenters. The zero-order valence-corrected chi connectivity index (χ0v) is 4.50. The van der Waals surface area contributed by atoms with Crippen molar-refractivity contribution < 1.29 is 35.6 Å². The molecule has 0 atom stereocenters. The van der Waals surface area contributed by atoms with Gasteiger partial charge in [-0.3, -0.25) is 0 Å². The summed E-state index contributed by atoms with van der Waals surface area (Å²) in [6, 6.07) is 0. The van der Waals surface area contributed by atoms with Gasteiger partial charge in [0.25, 0.3) is 0 Å². The summed E-state index contributed by atoms with van der Waals surface area (Å²) in [5.41, 5.74) is 0. The van der Waals surface area contributed by atoms with E-state index in [0.717, 1.165) is 0 Å². The predicted molar refractivity (Wildman–Crippen MR) is 8.71 cm³/mol. The molecule has 0 aliphatic carbocycles. The summed E-state index contributed by atoms with van der Waals surface area (Å²) < 4.78 is 18.6. The predicted octanol–water partition coefficient (Wildman–Crippen LogP) is -1.22. The van der Waals surface area contributed by atoms with Crippen molar-refractivity contribution in [2.45, 2.75) is 0 Å². The molecular formula is FMnO3P. The molecule has 6 heavy (non-hydrogen) atoms. The summed E-state index contributed by atoms with van der Waals surface area (Å²) in [5.74, 6) is 0. The molecule has 0 aromatic rings. The van der Waals surface area contributed by atoms with Crippen molar-refractivity contribution in [3.8, 4) is 0 Å². The van der Waals surface area contributed by atoms with Gasteiger partial charge >= 0.3 is 17.1 Å². The van der Waals surface area contributed by atoms with Crippen LogP contribution in [0.25, 0.3) is 0 Å². The van der Waals surface area contributed by atoms with Crippen LogP contribution < -0.4 is 9.79 Å². The monoisotopic (exact) mass is 153 g/mol. The van der Waals surface area contributed by atoms with Crippen molar-refractivity contribution in [3.05, 3.63) is 0 Å². The fourth-order valence-electron chi connectivity index (χ4n) is 0. The maximum Gasteiger partial charge on any atom is 2.00 e. The van der Waals surface area contributed by atoms with E-state index in [1.165, 1.54) is 0 Å². The maximum absolute atomic E-state index is 10.1. The first-order chi connectivity index (χ1) is 2.00. The van der Waals surface area contributed by atoms with Crippen molar-refractivity contribution in [1.29, 1.82) is 0 Å². The Hall–Kier alpha value is 0.599. The molecule has 3 nitrogen and oxygen atoms in total. The van der Waals surface area contributed by atoms with Crippen LogP contribution in [0.1, 0.15) is 0 Å². The Bertz CT molecular complexity index is 56.9. The van der Waals surface area contributed by atoms with Gasteiger partial charge in [0, 0.05) is 0 Å². The smallest absolute Gasteiger partial charge is 0.786 e. The van der Waals surface area contributed by atoms with Gasteiger partial charge in [-0.1, -0.05) is 0 Å². The van der Waals surface area contributed by atoms with Crippen LogP contribution in [-0.4, -0.2) is 0 Å². The molecule has 0 saturated heterocycles. The number of rotatable bonds is 0. The molecular weight excluding hydrogens is 153 g/mol. The topological polar surface area (TPSA) is 63.2 Å². The first-order valence-electron chi connectivity index (χ1n) is 0.717. The summed E-state index contributed by atoms with van der Waals surface area (Å²) in [7, 11) is -5.64. The molecule has 0 amide bonds. The number of hydrogen-bond donors (Lipinski definition) is 0. The van der Waals surface area contributed by atoms with Gasteiger partial charge in [-0.25, -0.2) is 4.20 Å². The molecule has 0 aromatic carbocycles. The van der Waals surface area contributed by atoms with Gasteiger partial charge in [0.2, 0.25) is 0 Å². The summed E-state index contributed by atoms with van der Waals surface area (Å²) >= 11 is 0. The number of hydrogen-bond acceptors (Lipinski definition) is 3. The second-order valence-corrected chi connectivity index (χ2v) is 1.29. The Labute approximate surface area is 44.3 Å². The third-order valence-electron chi connectivity index (χ3n) is 0. The van der Waals surface area contributed by atoms with Crippen molar-refractivity contribution >= 4 is 7.91 Å². The van der Waals surface area contributed by atoms with Crippen LogP contribution in [0.4, 0.5) is 4.20 Å². The molecule has 0 aromatic heterocycles. The molecule has 0 heterocycles. The van der Waals surface area contributed by atoms with E-state index < -0.39 is 7.91 Å². The average Bonchev–Trinajstić information content (AvgIpc) is 0.722. The zero-order valence-electron chi connectivity index (χ0n) is 2.43. The fourth-order valence-corrected chi connectivity index (χ4v) is 0. The first-order valence-corrected chi connectivity index (χ1v) is 2.15. The van der Waals surface area contributed by atoms with Gasteiger partial charge in [-0.2, -0.15) is 0 Å². The van der Waals surface area contributed by atoms with Gasteiger partial charge in [0.05, 0.1) is 0 Å². The van der Waals surface area contributed by atoms with Crippen LogP contribution in [0.15, 0.2) is 0 Å². The van der Waals surface area contributed by atoms with E-state index >= 15 is 0 Å². The van der Waals surface area contributed by atoms with Crippen LogP contribution in [0.2, 0.25) is 0 Å². The molecule has 0 N–H and O–H groups in total. The molecule has 0 spiro atoms. The molecule has 0 saturated carbocycles. The summed E-state index contributed by atoms with van der Waals surface area (Å²) in [6.45, 7) is 0. The van der Waals surface area contributed by atoms with E-state index in [2.05, 4.69) is 0 Å². The zero-order chi connectivity index (χ0) is 4.50. The minimum atomic E-state index is -5.64. The van der Waals surface area contributed by atoms with Crippen LogP contribution >= 0.6 is 7.91 Å². The average molecular weight is 153 g/mol. The van der Waals surface area contributed by atoms with E-state index in [0.29, 0.717) is 0 Å². The summed E-state index contributed by atoms with van der Waals surface area (Å²) in [6.07, 6.45) is 0. The van der Waals surface area contributed by atoms with Crippen molar-refractivity contribution in [3.63, 3.8) is 0 Å². The fraction of sp³-hybridized carbons (Fsp3) is 0. The summed E-state index contributed by atoms with van der Waals surface area (Å²) in [5, 5.41) is 0. The van der Waals surface area contributed by atoms with Crippen LogP contribution in [-0.2, 0) is 21.6 Å². The van der Waals surface area contributed by atoms with Crippen molar-refractivity contribution in [1.82, 2.24) is 0 Å². The summed E-state index contributed by atoms with van der Waals surface area (Å²) in [4.78, 5) is 16.9. The van der Waals surface area contributed by atoms with E-state index in [9.17, 15) is 4.20 Å². The van der Waals surface area contributed by atoms with Crippen molar-refractivity contribution in [2.75, 3.05) is 0 Å². The van der Waals surface area contributed by atoms with Crippen LogP contribution in [0.3, 0.4) is 0 Å². The number of halogens is 1. The molecule has 6 heteroatoms. The maximum atomic E-state index is 10.1. The van der Waals surface area contributed by atoms with E-state index in [-0.39, 0.29) is 17.1 Å². The Morgan fingerprint density at radius 1 is 1.50 bits per heavy atom. The van der Waals surface area contributed by atoms with E-state index in [1.807, 2.05) is 0 Å². The molecule has 0 aliphatic heterocycles. The molecule has 0 rings (SSSR count).